The third kappa shape index (κ3) is 3.42. The van der Waals surface area contributed by atoms with Gasteiger partial charge in [0, 0.05) is 35.1 Å². The summed E-state index contributed by atoms with van der Waals surface area (Å²) in [5.74, 6) is 0.893. The van der Waals surface area contributed by atoms with Gasteiger partial charge < -0.3 is 9.84 Å². The van der Waals surface area contributed by atoms with E-state index in [1.54, 1.807) is 11.3 Å². The minimum absolute atomic E-state index is 0.130. The van der Waals surface area contributed by atoms with Crippen LogP contribution in [0.25, 0.3) is 0 Å². The topological polar surface area (TPSA) is 51.0 Å². The van der Waals surface area contributed by atoms with E-state index in [-0.39, 0.29) is 5.41 Å². The summed E-state index contributed by atoms with van der Waals surface area (Å²) in [6, 6.07) is 0. The molecule has 0 radical (unpaired) electrons. The summed E-state index contributed by atoms with van der Waals surface area (Å²) in [7, 11) is 0. The van der Waals surface area contributed by atoms with Crippen LogP contribution >= 0.6 is 11.3 Å². The van der Waals surface area contributed by atoms with Crippen molar-refractivity contribution in [3.63, 3.8) is 0 Å². The number of aryl methyl sites for hydroxylation is 2. The largest absolute Gasteiger partial charge is 0.361 e. The zero-order chi connectivity index (χ0) is 14.0. The Morgan fingerprint density at radius 3 is 2.53 bits per heavy atom. The first-order chi connectivity index (χ1) is 8.88. The summed E-state index contributed by atoms with van der Waals surface area (Å²) in [4.78, 5) is 5.75. The van der Waals surface area contributed by atoms with Gasteiger partial charge in [0.1, 0.15) is 5.76 Å². The van der Waals surface area contributed by atoms with Gasteiger partial charge in [-0.25, -0.2) is 4.98 Å². The summed E-state index contributed by atoms with van der Waals surface area (Å²) >= 11 is 1.77. The predicted molar refractivity (Wildman–Crippen MR) is 77.3 cm³/mol. The molecule has 0 aliphatic rings. The highest BCUT2D eigenvalue weighted by Crippen LogP contribution is 2.26. The molecule has 5 heteroatoms. The molecule has 4 nitrogen and oxygen atoms in total. The van der Waals surface area contributed by atoms with Crippen molar-refractivity contribution in [1.82, 2.24) is 15.5 Å². The monoisotopic (exact) mass is 279 g/mol. The van der Waals surface area contributed by atoms with Gasteiger partial charge in [-0.15, -0.1) is 11.3 Å². The molecule has 19 heavy (non-hydrogen) atoms. The maximum absolute atomic E-state index is 5.15. The Hall–Kier alpha value is -1.20. The molecule has 1 N–H and O–H groups in total. The highest BCUT2D eigenvalue weighted by Gasteiger charge is 2.17. The van der Waals surface area contributed by atoms with Crippen molar-refractivity contribution in [2.75, 3.05) is 0 Å². The Morgan fingerprint density at radius 2 is 2.00 bits per heavy atom. The van der Waals surface area contributed by atoms with Crippen molar-refractivity contribution >= 4 is 11.3 Å². The van der Waals surface area contributed by atoms with E-state index in [1.807, 2.05) is 20.0 Å². The van der Waals surface area contributed by atoms with Crippen LogP contribution in [0.2, 0.25) is 0 Å². The summed E-state index contributed by atoms with van der Waals surface area (Å²) in [6.45, 7) is 12.1. The molecular weight excluding hydrogens is 258 g/mol. The van der Waals surface area contributed by atoms with Crippen LogP contribution in [0.3, 0.4) is 0 Å². The average Bonchev–Trinajstić information content (AvgIpc) is 2.90. The number of hydrogen-bond donors (Lipinski definition) is 1. The molecule has 0 aromatic carbocycles. The number of aromatic nitrogens is 2. The Kier molecular flexibility index (Phi) is 4.06. The van der Waals surface area contributed by atoms with Gasteiger partial charge in [0.15, 0.2) is 0 Å². The quantitative estimate of drug-likeness (QED) is 0.932. The number of rotatable bonds is 4. The van der Waals surface area contributed by atoms with E-state index in [0.29, 0.717) is 0 Å². The Balaban J connectivity index is 1.91. The summed E-state index contributed by atoms with van der Waals surface area (Å²) in [5, 5.41) is 8.56. The van der Waals surface area contributed by atoms with Crippen LogP contribution in [0, 0.1) is 13.8 Å². The number of thiazole rings is 1. The first-order valence-corrected chi connectivity index (χ1v) is 7.27. The van der Waals surface area contributed by atoms with E-state index in [9.17, 15) is 0 Å². The lowest BCUT2D eigenvalue weighted by Crippen LogP contribution is -2.13. The van der Waals surface area contributed by atoms with Gasteiger partial charge in [0.25, 0.3) is 0 Å². The summed E-state index contributed by atoms with van der Waals surface area (Å²) in [6.07, 6.45) is 1.96. The third-order valence-corrected chi connectivity index (χ3v) is 4.40. The van der Waals surface area contributed by atoms with Crippen molar-refractivity contribution in [2.24, 2.45) is 0 Å². The van der Waals surface area contributed by atoms with Gasteiger partial charge in [-0.1, -0.05) is 25.9 Å². The van der Waals surface area contributed by atoms with Crippen LogP contribution < -0.4 is 5.32 Å². The lowest BCUT2D eigenvalue weighted by molar-refractivity contribution is 0.392. The molecule has 0 amide bonds. The third-order valence-electron chi connectivity index (χ3n) is 2.98. The summed E-state index contributed by atoms with van der Waals surface area (Å²) < 4.78 is 5.15. The maximum atomic E-state index is 5.15. The molecule has 2 aromatic heterocycles. The van der Waals surface area contributed by atoms with Crippen molar-refractivity contribution in [2.45, 2.75) is 53.1 Å². The molecule has 2 rings (SSSR count). The molecule has 2 heterocycles. The van der Waals surface area contributed by atoms with Crippen LogP contribution in [0.4, 0.5) is 0 Å². The fourth-order valence-electron chi connectivity index (χ4n) is 1.80. The fourth-order valence-corrected chi connectivity index (χ4v) is 2.74. The maximum Gasteiger partial charge on any atom is 0.138 e. The minimum atomic E-state index is 0.130. The van der Waals surface area contributed by atoms with E-state index in [4.69, 9.17) is 4.52 Å². The Labute approximate surface area is 118 Å². The Morgan fingerprint density at radius 1 is 1.26 bits per heavy atom. The van der Waals surface area contributed by atoms with Crippen LogP contribution in [0.5, 0.6) is 0 Å². The van der Waals surface area contributed by atoms with E-state index >= 15 is 0 Å². The zero-order valence-corrected chi connectivity index (χ0v) is 13.0. The van der Waals surface area contributed by atoms with E-state index in [1.165, 1.54) is 9.88 Å². The van der Waals surface area contributed by atoms with Crippen LogP contribution in [-0.2, 0) is 18.5 Å². The normalized spacial score (nSPS) is 12.1. The zero-order valence-electron chi connectivity index (χ0n) is 12.2. The molecule has 0 bridgehead atoms. The number of hydrogen-bond acceptors (Lipinski definition) is 5. The second-order valence-electron chi connectivity index (χ2n) is 5.79. The first-order valence-electron chi connectivity index (χ1n) is 6.45. The fraction of sp³-hybridized carbons (Fsp3) is 0.571. The van der Waals surface area contributed by atoms with Crippen molar-refractivity contribution in [1.29, 1.82) is 0 Å². The van der Waals surface area contributed by atoms with E-state index in [2.05, 4.69) is 36.2 Å². The Bertz CT molecular complexity index is 532. The van der Waals surface area contributed by atoms with E-state index < -0.39 is 0 Å². The van der Waals surface area contributed by atoms with Crippen LogP contribution in [0.1, 0.15) is 47.7 Å². The molecule has 104 valence electrons. The van der Waals surface area contributed by atoms with Crippen molar-refractivity contribution < 1.29 is 4.52 Å². The van der Waals surface area contributed by atoms with Gasteiger partial charge >= 0.3 is 0 Å². The van der Waals surface area contributed by atoms with Gasteiger partial charge in [-0.05, 0) is 13.8 Å². The average molecular weight is 279 g/mol. The molecule has 2 aromatic rings. The molecule has 0 aliphatic carbocycles. The molecule has 0 fully saturated rings. The van der Waals surface area contributed by atoms with Crippen molar-refractivity contribution in [3.8, 4) is 0 Å². The standard InChI is InChI=1S/C14H21N3OS/c1-9-12(10(2)18-17-9)8-15-6-11-7-16-13(19-11)14(3,4)5/h7,15H,6,8H2,1-5H3. The van der Waals surface area contributed by atoms with Gasteiger partial charge in [-0.3, -0.25) is 0 Å². The molecule has 0 aliphatic heterocycles. The predicted octanol–water partition coefficient (Wildman–Crippen LogP) is 3.34. The lowest BCUT2D eigenvalue weighted by atomic mass is 9.98. The second-order valence-corrected chi connectivity index (χ2v) is 6.90. The molecule has 0 saturated carbocycles. The van der Waals surface area contributed by atoms with Gasteiger partial charge in [0.2, 0.25) is 0 Å². The van der Waals surface area contributed by atoms with Crippen LogP contribution in [0.15, 0.2) is 10.7 Å². The second kappa shape index (κ2) is 5.43. The minimum Gasteiger partial charge on any atom is -0.361 e. The lowest BCUT2D eigenvalue weighted by Gasteiger charge is -2.13. The first kappa shape index (κ1) is 14.2. The molecule has 0 spiro atoms. The molecule has 0 saturated heterocycles. The van der Waals surface area contributed by atoms with Gasteiger partial charge in [0.05, 0.1) is 10.7 Å². The SMILES string of the molecule is Cc1noc(C)c1CNCc1cnc(C(C)(C)C)s1. The molecule has 0 unspecified atom stereocenters. The van der Waals surface area contributed by atoms with Gasteiger partial charge in [-0.2, -0.15) is 0 Å². The summed E-state index contributed by atoms with van der Waals surface area (Å²) in [5.41, 5.74) is 2.25. The van der Waals surface area contributed by atoms with Crippen molar-refractivity contribution in [3.05, 3.63) is 33.1 Å². The molecular formula is C14H21N3OS. The highest BCUT2D eigenvalue weighted by molar-refractivity contribution is 7.11. The number of nitrogens with one attached hydrogen (secondary N) is 1. The van der Waals surface area contributed by atoms with Crippen LogP contribution in [-0.4, -0.2) is 10.1 Å². The molecule has 0 atom stereocenters. The van der Waals surface area contributed by atoms with E-state index in [0.717, 1.165) is 30.1 Å². The number of nitrogens with zero attached hydrogens (tertiary/aromatic N) is 2. The smallest absolute Gasteiger partial charge is 0.138 e. The highest BCUT2D eigenvalue weighted by atomic mass is 32.1.